The van der Waals surface area contributed by atoms with Crippen molar-refractivity contribution in [2.24, 2.45) is 0 Å². The summed E-state index contributed by atoms with van der Waals surface area (Å²) in [5.41, 5.74) is 1.67. The standard InChI is InChI=1S/C8H11.C5H5.Zr.2H/c1-2-5-8-6-3-4-7-8;1-2-4-5-3-1;;;/h3,6H,2,4-5H2,1H3;1-3H,4H2;;;/q;;;2*-1. The zero-order valence-electron chi connectivity index (χ0n) is 10.7. The first-order valence-electron chi connectivity index (χ1n) is 5.41. The fraction of sp³-hybridized carbons (Fsp3) is 0.385. The van der Waals surface area contributed by atoms with Gasteiger partial charge in [0.15, 0.2) is 0 Å². The van der Waals surface area contributed by atoms with Gasteiger partial charge in [-0.15, -0.1) is 0 Å². The molecule has 0 spiro atoms. The molecule has 2 aliphatic rings. The van der Waals surface area contributed by atoms with Crippen LogP contribution >= 0.6 is 0 Å². The van der Waals surface area contributed by atoms with Gasteiger partial charge in [-0.3, -0.25) is 0 Å². The minimum atomic E-state index is -0.377. The van der Waals surface area contributed by atoms with E-state index in [1.807, 2.05) is 3.28 Å². The molecule has 0 unspecified atom stereocenters. The van der Waals surface area contributed by atoms with Crippen molar-refractivity contribution in [3.8, 4) is 0 Å². The molecule has 2 rings (SSSR count). The summed E-state index contributed by atoms with van der Waals surface area (Å²) < 4.78 is 3.58. The van der Waals surface area contributed by atoms with E-state index >= 15 is 0 Å². The fourth-order valence-corrected chi connectivity index (χ4v) is 5.30. The summed E-state index contributed by atoms with van der Waals surface area (Å²) in [6, 6.07) is 0. The van der Waals surface area contributed by atoms with Crippen LogP contribution in [0.4, 0.5) is 0 Å². The molecule has 0 bridgehead atoms. The predicted octanol–water partition coefficient (Wildman–Crippen LogP) is 4.15. The molecular weight excluding hydrogens is 247 g/mol. The van der Waals surface area contributed by atoms with Crippen LogP contribution in [0, 0.1) is 0 Å². The van der Waals surface area contributed by atoms with Crippen LogP contribution in [0.3, 0.4) is 0 Å². The molecule has 1 heteroatoms. The molecule has 0 aliphatic heterocycles. The largest absolute Gasteiger partial charge is 1.00 e. The second kappa shape index (κ2) is 5.07. The predicted molar refractivity (Wildman–Crippen MR) is 59.8 cm³/mol. The quantitative estimate of drug-likeness (QED) is 0.716. The zero-order valence-corrected chi connectivity index (χ0v) is 11.2. The minimum absolute atomic E-state index is 0. The van der Waals surface area contributed by atoms with Gasteiger partial charge in [-0.1, -0.05) is 0 Å². The number of allylic oxidation sites excluding steroid dienone is 8. The Morgan fingerprint density at radius 1 is 1.36 bits per heavy atom. The van der Waals surface area contributed by atoms with E-state index in [0.717, 1.165) is 0 Å². The van der Waals surface area contributed by atoms with E-state index in [2.05, 4.69) is 37.3 Å². The Hall–Kier alpha value is -0.157. The van der Waals surface area contributed by atoms with Crippen molar-refractivity contribution in [1.29, 1.82) is 0 Å². The van der Waals surface area contributed by atoms with Crippen LogP contribution in [-0.4, -0.2) is 0 Å². The van der Waals surface area contributed by atoms with Gasteiger partial charge in [0.1, 0.15) is 0 Å². The zero-order chi connectivity index (χ0) is 9.80. The summed E-state index contributed by atoms with van der Waals surface area (Å²) in [7, 11) is 0. The van der Waals surface area contributed by atoms with Crippen LogP contribution < -0.4 is 0 Å². The fourth-order valence-electron chi connectivity index (χ4n) is 1.92. The molecule has 0 amide bonds. The Kier molecular flexibility index (Phi) is 3.76. The molecule has 0 aromatic rings. The molecule has 76 valence electrons. The van der Waals surface area contributed by atoms with Gasteiger partial charge in [0, 0.05) is 0 Å². The number of rotatable bonds is 4. The Bertz CT molecular complexity index is 338. The first-order chi connectivity index (χ1) is 6.90. The average Bonchev–Trinajstić information content (AvgIpc) is 2.80. The minimum Gasteiger partial charge on any atom is -1.00 e. The van der Waals surface area contributed by atoms with Crippen molar-refractivity contribution in [1.82, 2.24) is 0 Å². The van der Waals surface area contributed by atoms with Crippen LogP contribution in [0.2, 0.25) is 0 Å². The van der Waals surface area contributed by atoms with Crippen molar-refractivity contribution in [3.05, 3.63) is 42.5 Å². The summed E-state index contributed by atoms with van der Waals surface area (Å²) in [6.45, 7) is 2.28. The third-order valence-corrected chi connectivity index (χ3v) is 6.36. The molecule has 0 nitrogen and oxygen atoms in total. The summed E-state index contributed by atoms with van der Waals surface area (Å²) in [5, 5.41) is 0. The monoisotopic (exact) mass is 264 g/mol. The normalized spacial score (nSPS) is 19.4. The Morgan fingerprint density at radius 3 is 3.00 bits per heavy atom. The summed E-state index contributed by atoms with van der Waals surface area (Å²) in [5.74, 6) is 0. The number of hydrogen-bond donors (Lipinski definition) is 0. The SMILES string of the molecule is CCCC1=[C]([Zr][C]2=CC=CC2)CC=C1.[H-].[H-]. The van der Waals surface area contributed by atoms with Crippen LogP contribution in [0.1, 0.15) is 35.5 Å². The van der Waals surface area contributed by atoms with Crippen molar-refractivity contribution in [3.63, 3.8) is 0 Å². The average molecular weight is 266 g/mol. The van der Waals surface area contributed by atoms with Gasteiger partial charge in [-0.05, 0) is 0 Å². The molecule has 2 aliphatic carbocycles. The van der Waals surface area contributed by atoms with E-state index in [4.69, 9.17) is 0 Å². The van der Waals surface area contributed by atoms with Crippen molar-refractivity contribution in [2.45, 2.75) is 32.6 Å². The molecule has 0 fully saturated rings. The molecule has 0 heterocycles. The van der Waals surface area contributed by atoms with Gasteiger partial charge in [-0.2, -0.15) is 0 Å². The van der Waals surface area contributed by atoms with Gasteiger partial charge >= 0.3 is 98.4 Å². The maximum absolute atomic E-state index is 2.36. The molecule has 0 aromatic heterocycles. The molecule has 14 heavy (non-hydrogen) atoms. The summed E-state index contributed by atoms with van der Waals surface area (Å²) >= 11 is -0.377. The van der Waals surface area contributed by atoms with Crippen molar-refractivity contribution < 1.29 is 26.1 Å². The Balaban J connectivity index is 0.00000112. The van der Waals surface area contributed by atoms with Gasteiger partial charge in [0.2, 0.25) is 0 Å². The van der Waals surface area contributed by atoms with Gasteiger partial charge in [-0.25, -0.2) is 0 Å². The third kappa shape index (κ3) is 2.45. The van der Waals surface area contributed by atoms with E-state index in [1.165, 1.54) is 25.7 Å². The van der Waals surface area contributed by atoms with E-state index in [0.29, 0.717) is 0 Å². The number of hydrogen-bond acceptors (Lipinski definition) is 0. The van der Waals surface area contributed by atoms with E-state index < -0.39 is 0 Å². The van der Waals surface area contributed by atoms with E-state index in [-0.39, 0.29) is 26.1 Å². The second-order valence-corrected chi connectivity index (χ2v) is 7.49. The first-order valence-corrected chi connectivity index (χ1v) is 7.87. The van der Waals surface area contributed by atoms with Crippen molar-refractivity contribution >= 4 is 0 Å². The topological polar surface area (TPSA) is 0 Å². The first kappa shape index (κ1) is 10.4. The van der Waals surface area contributed by atoms with Gasteiger partial charge in [0.25, 0.3) is 0 Å². The smallest absolute Gasteiger partial charge is 1.00 e. The maximum Gasteiger partial charge on any atom is -1.00 e. The molecule has 0 saturated heterocycles. The molecule has 0 radical (unpaired) electrons. The van der Waals surface area contributed by atoms with E-state index in [9.17, 15) is 0 Å². The van der Waals surface area contributed by atoms with E-state index in [1.54, 1.807) is 8.85 Å². The molecule has 0 atom stereocenters. The van der Waals surface area contributed by atoms with Crippen molar-refractivity contribution in [2.75, 3.05) is 0 Å². The Labute approximate surface area is 101 Å². The summed E-state index contributed by atoms with van der Waals surface area (Å²) in [6.07, 6.45) is 16.7. The summed E-state index contributed by atoms with van der Waals surface area (Å²) in [4.78, 5) is 0. The van der Waals surface area contributed by atoms with Gasteiger partial charge < -0.3 is 2.85 Å². The maximum atomic E-state index is 2.36. The third-order valence-electron chi connectivity index (χ3n) is 2.63. The van der Waals surface area contributed by atoms with Crippen LogP contribution in [-0.2, 0) is 23.2 Å². The molecular formula is C13H18Zr-2. The van der Waals surface area contributed by atoms with Crippen LogP contribution in [0.15, 0.2) is 42.5 Å². The second-order valence-electron chi connectivity index (χ2n) is 3.81. The van der Waals surface area contributed by atoms with Crippen LogP contribution in [0.25, 0.3) is 0 Å². The Morgan fingerprint density at radius 2 is 2.29 bits per heavy atom. The molecule has 0 aromatic carbocycles. The molecule has 0 saturated carbocycles. The molecule has 0 N–H and O–H groups in total. The van der Waals surface area contributed by atoms with Gasteiger partial charge in [0.05, 0.1) is 0 Å². The van der Waals surface area contributed by atoms with Crippen LogP contribution in [0.5, 0.6) is 0 Å².